The van der Waals surface area contributed by atoms with Gasteiger partial charge in [0, 0.05) is 11.8 Å². The highest BCUT2D eigenvalue weighted by Crippen LogP contribution is 2.42. The second-order valence-electron chi connectivity index (χ2n) is 7.23. The number of nitrogens with zero attached hydrogens (tertiary/aromatic N) is 6. The van der Waals surface area contributed by atoms with Crippen molar-refractivity contribution in [1.82, 2.24) is 25.2 Å². The highest BCUT2D eigenvalue weighted by Gasteiger charge is 2.48. The third kappa shape index (κ3) is 3.70. The molecule has 12 nitrogen and oxygen atoms in total. The molecule has 31 heavy (non-hydrogen) atoms. The molecule has 0 unspecified atom stereocenters. The molecular formula is C18H17N6O6P. The Balaban J connectivity index is 1.37. The maximum absolute atomic E-state index is 12.3. The first-order chi connectivity index (χ1) is 14.8. The third-order valence-electron chi connectivity index (χ3n) is 5.22. The topological polar surface area (TPSA) is 153 Å². The lowest BCUT2D eigenvalue weighted by Gasteiger charge is -2.16. The number of benzene rings is 1. The number of rotatable bonds is 5. The smallest absolute Gasteiger partial charge is 0.441 e. The van der Waals surface area contributed by atoms with Gasteiger partial charge in [-0.1, -0.05) is 12.1 Å². The van der Waals surface area contributed by atoms with E-state index in [1.54, 1.807) is 13.2 Å². The van der Waals surface area contributed by atoms with Crippen molar-refractivity contribution in [3.05, 3.63) is 42.1 Å². The lowest BCUT2D eigenvalue weighted by atomic mass is 10.0. The Morgan fingerprint density at radius 3 is 2.74 bits per heavy atom. The van der Waals surface area contributed by atoms with Gasteiger partial charge in [-0.15, -0.1) is 10.2 Å². The van der Waals surface area contributed by atoms with Gasteiger partial charge >= 0.3 is 13.9 Å². The number of phosphoric acid groups is 1. The van der Waals surface area contributed by atoms with E-state index >= 15 is 0 Å². The fraction of sp³-hybridized carbons (Fsp3) is 0.278. The van der Waals surface area contributed by atoms with Crippen LogP contribution in [-0.4, -0.2) is 59.8 Å². The van der Waals surface area contributed by atoms with Gasteiger partial charge in [0.2, 0.25) is 5.82 Å². The molecule has 0 bridgehead atoms. The summed E-state index contributed by atoms with van der Waals surface area (Å²) >= 11 is 0. The van der Waals surface area contributed by atoms with Crippen LogP contribution in [-0.2, 0) is 27.3 Å². The molecule has 4 heterocycles. The van der Waals surface area contributed by atoms with E-state index in [1.807, 2.05) is 30.3 Å². The van der Waals surface area contributed by atoms with E-state index in [-0.39, 0.29) is 12.6 Å². The average Bonchev–Trinajstić information content (AvgIpc) is 3.41. The van der Waals surface area contributed by atoms with Crippen LogP contribution >= 0.6 is 7.82 Å². The molecular weight excluding hydrogens is 427 g/mol. The van der Waals surface area contributed by atoms with Gasteiger partial charge < -0.3 is 14.5 Å². The van der Waals surface area contributed by atoms with E-state index in [4.69, 9.17) is 14.5 Å². The SMILES string of the molecule is Cn1nnc(-c2ccc(-c3ccc4c(c3)C[C@H]3[C@H](COP(=O)(O)O)OC(=O)N43)cn2)n1. The van der Waals surface area contributed by atoms with Crippen LogP contribution in [0.4, 0.5) is 10.5 Å². The van der Waals surface area contributed by atoms with Crippen LogP contribution in [0, 0.1) is 0 Å². The van der Waals surface area contributed by atoms with Gasteiger partial charge in [0.05, 0.1) is 25.4 Å². The quantitative estimate of drug-likeness (QED) is 0.551. The summed E-state index contributed by atoms with van der Waals surface area (Å²) in [5.74, 6) is 0.436. The van der Waals surface area contributed by atoms with Crippen molar-refractivity contribution in [1.29, 1.82) is 0 Å². The van der Waals surface area contributed by atoms with Gasteiger partial charge in [0.15, 0.2) is 0 Å². The van der Waals surface area contributed by atoms with E-state index in [9.17, 15) is 9.36 Å². The molecule has 1 saturated heterocycles. The number of fused-ring (bicyclic) bond motifs is 3. The van der Waals surface area contributed by atoms with Crippen molar-refractivity contribution in [2.75, 3.05) is 11.5 Å². The molecule has 1 aromatic carbocycles. The molecule has 1 fully saturated rings. The number of ether oxygens (including phenoxy) is 1. The highest BCUT2D eigenvalue weighted by atomic mass is 31.2. The monoisotopic (exact) mass is 444 g/mol. The van der Waals surface area contributed by atoms with Crippen LogP contribution < -0.4 is 4.90 Å². The van der Waals surface area contributed by atoms with Gasteiger partial charge in [-0.3, -0.25) is 14.4 Å². The average molecular weight is 444 g/mol. The first kappa shape index (κ1) is 19.8. The summed E-state index contributed by atoms with van der Waals surface area (Å²) in [5, 5.41) is 11.9. The number of cyclic esters (lactones) is 1. The number of amides is 1. The van der Waals surface area contributed by atoms with E-state index in [0.717, 1.165) is 16.7 Å². The summed E-state index contributed by atoms with van der Waals surface area (Å²) in [7, 11) is -2.97. The minimum atomic E-state index is -4.65. The zero-order chi connectivity index (χ0) is 21.8. The normalized spacial score (nSPS) is 20.0. The number of pyridine rings is 1. The van der Waals surface area contributed by atoms with Crippen molar-refractivity contribution < 1.29 is 28.4 Å². The summed E-state index contributed by atoms with van der Waals surface area (Å²) in [6, 6.07) is 9.01. The van der Waals surface area contributed by atoms with Crippen molar-refractivity contribution >= 4 is 19.6 Å². The minimum Gasteiger partial charge on any atom is -0.441 e. The Morgan fingerprint density at radius 1 is 1.26 bits per heavy atom. The Bertz CT molecular complexity index is 1210. The third-order valence-corrected chi connectivity index (χ3v) is 5.70. The molecule has 0 aliphatic carbocycles. The largest absolute Gasteiger partial charge is 0.469 e. The van der Waals surface area contributed by atoms with E-state index in [0.29, 0.717) is 23.6 Å². The van der Waals surface area contributed by atoms with Gasteiger partial charge in [-0.05, 0) is 41.0 Å². The molecule has 5 rings (SSSR count). The van der Waals surface area contributed by atoms with Crippen LogP contribution in [0.1, 0.15) is 5.56 Å². The van der Waals surface area contributed by atoms with E-state index in [1.165, 1.54) is 9.70 Å². The maximum atomic E-state index is 12.3. The number of carbonyl (C=O) groups is 1. The van der Waals surface area contributed by atoms with Crippen molar-refractivity contribution in [2.24, 2.45) is 7.05 Å². The fourth-order valence-corrected chi connectivity index (χ4v) is 4.20. The summed E-state index contributed by atoms with van der Waals surface area (Å²) in [4.78, 5) is 37.4. The molecule has 2 aliphatic heterocycles. The number of tetrazole rings is 1. The molecule has 160 valence electrons. The zero-order valence-corrected chi connectivity index (χ0v) is 17.1. The number of carbonyl (C=O) groups excluding carboxylic acids is 1. The van der Waals surface area contributed by atoms with Gasteiger partial charge in [0.1, 0.15) is 11.8 Å². The number of hydrogen-bond donors (Lipinski definition) is 2. The summed E-state index contributed by atoms with van der Waals surface area (Å²) < 4.78 is 20.8. The first-order valence-corrected chi connectivity index (χ1v) is 10.9. The Kier molecular flexibility index (Phi) is 4.59. The summed E-state index contributed by atoms with van der Waals surface area (Å²) in [6.45, 7) is -0.375. The molecule has 2 aliphatic rings. The summed E-state index contributed by atoms with van der Waals surface area (Å²) in [5.41, 5.74) is 4.05. The van der Waals surface area contributed by atoms with Crippen LogP contribution in [0.5, 0.6) is 0 Å². The predicted molar refractivity (Wildman–Crippen MR) is 106 cm³/mol. The highest BCUT2D eigenvalue weighted by molar-refractivity contribution is 7.46. The minimum absolute atomic E-state index is 0.375. The molecule has 0 spiro atoms. The van der Waals surface area contributed by atoms with Crippen molar-refractivity contribution in [3.63, 3.8) is 0 Å². The van der Waals surface area contributed by atoms with Gasteiger partial charge in [-0.2, -0.15) is 4.80 Å². The lowest BCUT2D eigenvalue weighted by molar-refractivity contribution is 0.0761. The zero-order valence-electron chi connectivity index (χ0n) is 16.2. The second-order valence-corrected chi connectivity index (χ2v) is 8.47. The van der Waals surface area contributed by atoms with Crippen LogP contribution in [0.2, 0.25) is 0 Å². The Labute approximate surface area is 175 Å². The van der Waals surface area contributed by atoms with Gasteiger partial charge in [-0.25, -0.2) is 9.36 Å². The maximum Gasteiger partial charge on any atom is 0.469 e. The number of phosphoric ester groups is 1. The molecule has 2 aromatic heterocycles. The lowest BCUT2D eigenvalue weighted by Crippen LogP contribution is -2.35. The Morgan fingerprint density at radius 2 is 2.06 bits per heavy atom. The van der Waals surface area contributed by atoms with Crippen LogP contribution in [0.3, 0.4) is 0 Å². The first-order valence-electron chi connectivity index (χ1n) is 9.32. The Hall–Kier alpha value is -3.18. The van der Waals surface area contributed by atoms with E-state index < -0.39 is 20.0 Å². The summed E-state index contributed by atoms with van der Waals surface area (Å²) in [6.07, 6.45) is 0.878. The van der Waals surface area contributed by atoms with Crippen molar-refractivity contribution in [3.8, 4) is 22.6 Å². The number of aromatic nitrogens is 5. The molecule has 0 saturated carbocycles. The number of anilines is 1. The standard InChI is InChI=1S/C18H17N6O6P/c1-23-21-17(20-22-23)13-4-2-11(8-19-13)10-3-5-14-12(6-10)7-15-16(9-29-31(26,27)28)30-18(25)24(14)15/h2-6,8,15-16H,7,9H2,1H3,(H2,26,27,28)/t15-,16-/m0/s1. The molecule has 3 aromatic rings. The fourth-order valence-electron chi connectivity index (χ4n) is 3.85. The van der Waals surface area contributed by atoms with Crippen molar-refractivity contribution in [2.45, 2.75) is 18.6 Å². The molecule has 0 radical (unpaired) electrons. The van der Waals surface area contributed by atoms with Crippen LogP contribution in [0.15, 0.2) is 36.5 Å². The number of aryl methyl sites for hydroxylation is 1. The van der Waals surface area contributed by atoms with Crippen LogP contribution in [0.25, 0.3) is 22.6 Å². The second kappa shape index (κ2) is 7.20. The molecule has 2 atom stereocenters. The predicted octanol–water partition coefficient (Wildman–Crippen LogP) is 1.30. The number of hydrogen-bond acceptors (Lipinski definition) is 8. The molecule has 1 amide bonds. The van der Waals surface area contributed by atoms with E-state index in [2.05, 4.69) is 24.9 Å². The molecule has 13 heteroatoms. The molecule has 2 N–H and O–H groups in total. The van der Waals surface area contributed by atoms with Gasteiger partial charge in [0.25, 0.3) is 0 Å².